The van der Waals surface area contributed by atoms with E-state index < -0.39 is 5.41 Å². The van der Waals surface area contributed by atoms with Crippen molar-refractivity contribution in [3.63, 3.8) is 0 Å². The van der Waals surface area contributed by atoms with Gasteiger partial charge in [-0.1, -0.05) is 19.3 Å². The van der Waals surface area contributed by atoms with Crippen LogP contribution in [-0.4, -0.2) is 12.6 Å². The average molecular weight is 195 g/mol. The Bertz CT molecular complexity index is 236. The van der Waals surface area contributed by atoms with Crippen LogP contribution in [0.15, 0.2) is 0 Å². The molecule has 1 rings (SSSR count). The molecular formula is C11H17NO2. The number of hydrogen-bond donors (Lipinski definition) is 0. The van der Waals surface area contributed by atoms with Crippen LogP contribution in [-0.2, 0) is 9.53 Å². The number of nitrogens with zero attached hydrogens (tertiary/aromatic N) is 1. The van der Waals surface area contributed by atoms with E-state index in [0.717, 1.165) is 25.7 Å². The Kier molecular flexibility index (Phi) is 3.94. The monoisotopic (exact) mass is 195 g/mol. The van der Waals surface area contributed by atoms with Gasteiger partial charge in [0.05, 0.1) is 24.5 Å². The maximum Gasteiger partial charge on any atom is 0.313 e. The molecule has 1 aliphatic rings. The fourth-order valence-electron chi connectivity index (χ4n) is 2.12. The summed E-state index contributed by atoms with van der Waals surface area (Å²) in [4.78, 5) is 11.7. The van der Waals surface area contributed by atoms with Crippen molar-refractivity contribution >= 4 is 5.97 Å². The molecule has 1 fully saturated rings. The summed E-state index contributed by atoms with van der Waals surface area (Å²) in [6.07, 6.45) is 5.21. The topological polar surface area (TPSA) is 50.1 Å². The minimum Gasteiger partial charge on any atom is -0.466 e. The standard InChI is InChI=1S/C11H17NO2/c1-2-14-10(13)11(8-9-12)6-4-3-5-7-11/h2-8H2,1H3. The number of rotatable bonds is 3. The molecular weight excluding hydrogens is 178 g/mol. The second kappa shape index (κ2) is 4.99. The molecule has 0 saturated heterocycles. The third-order valence-corrected chi connectivity index (χ3v) is 2.94. The number of carbonyl (C=O) groups excluding carboxylic acids is 1. The molecule has 0 aliphatic heterocycles. The zero-order chi connectivity index (χ0) is 10.4. The molecule has 3 heteroatoms. The molecule has 0 heterocycles. The smallest absolute Gasteiger partial charge is 0.313 e. The van der Waals surface area contributed by atoms with Gasteiger partial charge >= 0.3 is 5.97 Å². The molecule has 0 N–H and O–H groups in total. The van der Waals surface area contributed by atoms with E-state index in [1.165, 1.54) is 6.42 Å². The average Bonchev–Trinajstić information content (AvgIpc) is 2.20. The second-order valence-corrected chi connectivity index (χ2v) is 3.90. The van der Waals surface area contributed by atoms with Gasteiger partial charge in [-0.05, 0) is 19.8 Å². The van der Waals surface area contributed by atoms with Crippen LogP contribution in [0.1, 0.15) is 45.4 Å². The van der Waals surface area contributed by atoms with Crippen molar-refractivity contribution in [3.05, 3.63) is 0 Å². The molecule has 78 valence electrons. The Hall–Kier alpha value is -1.04. The third-order valence-electron chi connectivity index (χ3n) is 2.94. The van der Waals surface area contributed by atoms with Gasteiger partial charge in [0.2, 0.25) is 0 Å². The van der Waals surface area contributed by atoms with E-state index in [1.807, 2.05) is 0 Å². The first kappa shape index (κ1) is 11.0. The van der Waals surface area contributed by atoms with Gasteiger partial charge in [0.1, 0.15) is 0 Å². The highest BCUT2D eigenvalue weighted by Crippen LogP contribution is 2.40. The van der Waals surface area contributed by atoms with E-state index in [1.54, 1.807) is 6.92 Å². The first-order chi connectivity index (χ1) is 6.75. The Morgan fingerprint density at radius 2 is 2.07 bits per heavy atom. The van der Waals surface area contributed by atoms with E-state index in [9.17, 15) is 4.79 Å². The van der Waals surface area contributed by atoms with Crippen LogP contribution in [0.5, 0.6) is 0 Å². The highest BCUT2D eigenvalue weighted by Gasteiger charge is 2.40. The van der Waals surface area contributed by atoms with Crippen molar-refractivity contribution in [3.8, 4) is 6.07 Å². The third kappa shape index (κ3) is 2.25. The summed E-state index contributed by atoms with van der Waals surface area (Å²) in [7, 11) is 0. The lowest BCUT2D eigenvalue weighted by Gasteiger charge is -2.32. The molecule has 1 saturated carbocycles. The summed E-state index contributed by atoms with van der Waals surface area (Å²) >= 11 is 0. The quantitative estimate of drug-likeness (QED) is 0.650. The fourth-order valence-corrected chi connectivity index (χ4v) is 2.12. The Morgan fingerprint density at radius 1 is 1.43 bits per heavy atom. The molecule has 0 aromatic heterocycles. The molecule has 14 heavy (non-hydrogen) atoms. The minimum absolute atomic E-state index is 0.166. The van der Waals surface area contributed by atoms with Gasteiger partial charge in [-0.2, -0.15) is 5.26 Å². The molecule has 0 amide bonds. The highest BCUT2D eigenvalue weighted by atomic mass is 16.5. The zero-order valence-corrected chi connectivity index (χ0v) is 8.71. The van der Waals surface area contributed by atoms with Gasteiger partial charge in [0, 0.05) is 0 Å². The van der Waals surface area contributed by atoms with Gasteiger partial charge in [0.25, 0.3) is 0 Å². The normalized spacial score (nSPS) is 19.7. The lowest BCUT2D eigenvalue weighted by atomic mass is 9.72. The summed E-state index contributed by atoms with van der Waals surface area (Å²) in [6.45, 7) is 2.22. The van der Waals surface area contributed by atoms with Crippen molar-refractivity contribution in [2.24, 2.45) is 5.41 Å². The Balaban J connectivity index is 2.69. The number of esters is 1. The van der Waals surface area contributed by atoms with Crippen LogP contribution in [0.25, 0.3) is 0 Å². The van der Waals surface area contributed by atoms with Gasteiger partial charge in [-0.3, -0.25) is 4.79 Å². The van der Waals surface area contributed by atoms with E-state index in [4.69, 9.17) is 10.00 Å². The molecule has 0 aromatic carbocycles. The van der Waals surface area contributed by atoms with Crippen LogP contribution in [0.4, 0.5) is 0 Å². The number of hydrogen-bond acceptors (Lipinski definition) is 3. The van der Waals surface area contributed by atoms with Crippen LogP contribution >= 0.6 is 0 Å². The number of nitriles is 1. The van der Waals surface area contributed by atoms with Crippen molar-refractivity contribution < 1.29 is 9.53 Å². The fraction of sp³-hybridized carbons (Fsp3) is 0.818. The lowest BCUT2D eigenvalue weighted by molar-refractivity contribution is -0.157. The van der Waals surface area contributed by atoms with Crippen molar-refractivity contribution in [2.45, 2.75) is 45.4 Å². The molecule has 0 aromatic rings. The van der Waals surface area contributed by atoms with Gasteiger partial charge < -0.3 is 4.74 Å². The SMILES string of the molecule is CCOC(=O)C1(CC#N)CCCCC1. The summed E-state index contributed by atoms with van der Waals surface area (Å²) in [5.41, 5.74) is -0.483. The van der Waals surface area contributed by atoms with E-state index in [2.05, 4.69) is 6.07 Å². The largest absolute Gasteiger partial charge is 0.466 e. The molecule has 0 unspecified atom stereocenters. The number of carbonyl (C=O) groups is 1. The predicted molar refractivity (Wildman–Crippen MR) is 52.4 cm³/mol. The predicted octanol–water partition coefficient (Wildman–Crippen LogP) is 2.41. The van der Waals surface area contributed by atoms with Crippen molar-refractivity contribution in [2.75, 3.05) is 6.61 Å². The summed E-state index contributed by atoms with van der Waals surface area (Å²) in [6, 6.07) is 2.12. The minimum atomic E-state index is -0.483. The zero-order valence-electron chi connectivity index (χ0n) is 8.71. The van der Waals surface area contributed by atoms with Crippen LogP contribution in [0, 0.1) is 16.7 Å². The van der Waals surface area contributed by atoms with Crippen molar-refractivity contribution in [1.82, 2.24) is 0 Å². The lowest BCUT2D eigenvalue weighted by Crippen LogP contribution is -2.34. The molecule has 0 atom stereocenters. The maximum absolute atomic E-state index is 11.7. The molecule has 0 radical (unpaired) electrons. The van der Waals surface area contributed by atoms with Crippen LogP contribution < -0.4 is 0 Å². The maximum atomic E-state index is 11.7. The molecule has 0 spiro atoms. The molecule has 3 nitrogen and oxygen atoms in total. The molecule has 1 aliphatic carbocycles. The highest BCUT2D eigenvalue weighted by molar-refractivity contribution is 5.77. The number of ether oxygens (including phenoxy) is 1. The van der Waals surface area contributed by atoms with Gasteiger partial charge in [-0.25, -0.2) is 0 Å². The first-order valence-corrected chi connectivity index (χ1v) is 5.29. The van der Waals surface area contributed by atoms with Crippen LogP contribution in [0.2, 0.25) is 0 Å². The van der Waals surface area contributed by atoms with E-state index in [-0.39, 0.29) is 5.97 Å². The second-order valence-electron chi connectivity index (χ2n) is 3.90. The Morgan fingerprint density at radius 3 is 2.57 bits per heavy atom. The van der Waals surface area contributed by atoms with Gasteiger partial charge in [-0.15, -0.1) is 0 Å². The summed E-state index contributed by atoms with van der Waals surface area (Å²) in [5.74, 6) is -0.166. The Labute approximate surface area is 85.1 Å². The van der Waals surface area contributed by atoms with E-state index in [0.29, 0.717) is 13.0 Å². The molecule has 0 bridgehead atoms. The summed E-state index contributed by atoms with van der Waals surface area (Å²) in [5, 5.41) is 8.74. The van der Waals surface area contributed by atoms with E-state index >= 15 is 0 Å². The van der Waals surface area contributed by atoms with Crippen molar-refractivity contribution in [1.29, 1.82) is 5.26 Å². The first-order valence-electron chi connectivity index (χ1n) is 5.29. The van der Waals surface area contributed by atoms with Crippen LogP contribution in [0.3, 0.4) is 0 Å². The van der Waals surface area contributed by atoms with Gasteiger partial charge in [0.15, 0.2) is 0 Å². The summed E-state index contributed by atoms with van der Waals surface area (Å²) < 4.78 is 5.05.